The molecule has 2 saturated heterocycles. The molecule has 0 spiro atoms. The molecule has 0 unspecified atom stereocenters. The standard InChI is InChI=1S/C16H31N.C10H22N2/c1-13(2)17-10-8-16(9-11-17)12-15-6-4-14(3)5-7-15;1-4-11-5-7-12(8-6-11)9-10(2)3/h13-16H,4-12H2,1-3H3;10H,4-9H2,1-3H3. The molecule has 3 heteroatoms. The smallest absolute Gasteiger partial charge is 0.0110 e. The second-order valence-corrected chi connectivity index (χ2v) is 11.1. The van der Waals surface area contributed by atoms with Crippen molar-refractivity contribution in [2.24, 2.45) is 23.7 Å². The summed E-state index contributed by atoms with van der Waals surface area (Å²) in [6, 6.07) is 0.756. The van der Waals surface area contributed by atoms with E-state index in [-0.39, 0.29) is 0 Å². The van der Waals surface area contributed by atoms with Crippen LogP contribution in [0.25, 0.3) is 0 Å². The van der Waals surface area contributed by atoms with Crippen molar-refractivity contribution in [1.29, 1.82) is 0 Å². The van der Waals surface area contributed by atoms with Gasteiger partial charge in [0.05, 0.1) is 0 Å². The maximum atomic E-state index is 2.65. The molecule has 3 rings (SSSR count). The van der Waals surface area contributed by atoms with Crippen molar-refractivity contribution < 1.29 is 0 Å². The van der Waals surface area contributed by atoms with Gasteiger partial charge < -0.3 is 14.7 Å². The van der Waals surface area contributed by atoms with E-state index in [0.717, 1.165) is 29.7 Å². The first kappa shape index (κ1) is 25.1. The van der Waals surface area contributed by atoms with Crippen LogP contribution in [0.15, 0.2) is 0 Å². The van der Waals surface area contributed by atoms with Crippen LogP contribution in [0.4, 0.5) is 0 Å². The fourth-order valence-corrected chi connectivity index (χ4v) is 5.55. The number of hydrogen-bond donors (Lipinski definition) is 0. The SMILES string of the molecule is CC1CCC(CC2CCN(C(C)C)CC2)CC1.CCN1CCN(CC(C)C)CC1. The van der Waals surface area contributed by atoms with Gasteiger partial charge in [-0.05, 0) is 76.4 Å². The molecule has 0 N–H and O–H groups in total. The minimum absolute atomic E-state index is 0.756. The van der Waals surface area contributed by atoms with Crippen molar-refractivity contribution in [1.82, 2.24) is 14.7 Å². The van der Waals surface area contributed by atoms with E-state index in [1.807, 2.05) is 0 Å². The van der Waals surface area contributed by atoms with Gasteiger partial charge in [-0.25, -0.2) is 0 Å². The van der Waals surface area contributed by atoms with Crippen LogP contribution in [0.5, 0.6) is 0 Å². The first-order valence-electron chi connectivity index (χ1n) is 13.1. The Labute approximate surface area is 183 Å². The Morgan fingerprint density at radius 3 is 1.69 bits per heavy atom. The molecule has 1 saturated carbocycles. The third kappa shape index (κ3) is 9.70. The van der Waals surface area contributed by atoms with E-state index in [2.05, 4.69) is 56.2 Å². The molecule has 0 radical (unpaired) electrons. The van der Waals surface area contributed by atoms with Gasteiger partial charge in [-0.3, -0.25) is 0 Å². The molecule has 172 valence electrons. The summed E-state index contributed by atoms with van der Waals surface area (Å²) in [7, 11) is 0. The highest BCUT2D eigenvalue weighted by molar-refractivity contribution is 4.79. The summed E-state index contributed by atoms with van der Waals surface area (Å²) < 4.78 is 0. The quantitative estimate of drug-likeness (QED) is 0.567. The number of likely N-dealkylation sites (tertiary alicyclic amines) is 1. The summed E-state index contributed by atoms with van der Waals surface area (Å²) in [5, 5.41) is 0. The Morgan fingerprint density at radius 2 is 1.21 bits per heavy atom. The van der Waals surface area contributed by atoms with Crippen LogP contribution in [0.1, 0.15) is 86.5 Å². The zero-order chi connectivity index (χ0) is 21.2. The lowest BCUT2D eigenvalue weighted by Crippen LogP contribution is -2.47. The van der Waals surface area contributed by atoms with Crippen LogP contribution in [0.3, 0.4) is 0 Å². The van der Waals surface area contributed by atoms with Crippen molar-refractivity contribution in [2.75, 3.05) is 52.4 Å². The molecule has 29 heavy (non-hydrogen) atoms. The Kier molecular flexibility index (Phi) is 11.6. The van der Waals surface area contributed by atoms with E-state index in [9.17, 15) is 0 Å². The second kappa shape index (κ2) is 13.3. The highest BCUT2D eigenvalue weighted by Crippen LogP contribution is 2.35. The first-order chi connectivity index (χ1) is 13.9. The van der Waals surface area contributed by atoms with E-state index in [1.165, 1.54) is 90.9 Å². The van der Waals surface area contributed by atoms with Crippen molar-refractivity contribution in [3.63, 3.8) is 0 Å². The number of piperidine rings is 1. The van der Waals surface area contributed by atoms with Crippen LogP contribution >= 0.6 is 0 Å². The lowest BCUT2D eigenvalue weighted by atomic mass is 9.77. The monoisotopic (exact) mass is 407 g/mol. The average molecular weight is 408 g/mol. The van der Waals surface area contributed by atoms with Crippen molar-refractivity contribution >= 4 is 0 Å². The number of rotatable bonds is 6. The van der Waals surface area contributed by atoms with E-state index >= 15 is 0 Å². The van der Waals surface area contributed by atoms with Gasteiger partial charge in [0.25, 0.3) is 0 Å². The van der Waals surface area contributed by atoms with Gasteiger partial charge in [0.2, 0.25) is 0 Å². The van der Waals surface area contributed by atoms with E-state index in [1.54, 1.807) is 6.42 Å². The Bertz CT molecular complexity index is 398. The molecule has 3 fully saturated rings. The van der Waals surface area contributed by atoms with Crippen LogP contribution in [0, 0.1) is 23.7 Å². The van der Waals surface area contributed by atoms with Gasteiger partial charge in [-0.2, -0.15) is 0 Å². The summed E-state index contributed by atoms with van der Waals surface area (Å²) in [5.41, 5.74) is 0. The molecule has 0 aromatic rings. The maximum Gasteiger partial charge on any atom is 0.0110 e. The predicted octanol–water partition coefficient (Wildman–Crippen LogP) is 5.60. The highest BCUT2D eigenvalue weighted by atomic mass is 15.3. The van der Waals surface area contributed by atoms with Crippen LogP contribution < -0.4 is 0 Å². The van der Waals surface area contributed by atoms with E-state index < -0.39 is 0 Å². The van der Waals surface area contributed by atoms with Crippen LogP contribution in [-0.4, -0.2) is 73.1 Å². The van der Waals surface area contributed by atoms with Crippen molar-refractivity contribution in [3.05, 3.63) is 0 Å². The normalized spacial score (nSPS) is 28.6. The summed E-state index contributed by atoms with van der Waals surface area (Å²) in [6.07, 6.45) is 10.5. The predicted molar refractivity (Wildman–Crippen MR) is 129 cm³/mol. The zero-order valence-corrected chi connectivity index (χ0v) is 20.8. The fraction of sp³-hybridized carbons (Fsp3) is 1.00. The minimum Gasteiger partial charge on any atom is -0.301 e. The Hall–Kier alpha value is -0.120. The van der Waals surface area contributed by atoms with Crippen molar-refractivity contribution in [3.8, 4) is 0 Å². The minimum atomic E-state index is 0.756. The van der Waals surface area contributed by atoms with Gasteiger partial charge in [0, 0.05) is 38.8 Å². The lowest BCUT2D eigenvalue weighted by molar-refractivity contribution is 0.127. The first-order valence-corrected chi connectivity index (χ1v) is 13.1. The van der Waals surface area contributed by atoms with E-state index in [0.29, 0.717) is 0 Å². The van der Waals surface area contributed by atoms with Gasteiger partial charge >= 0.3 is 0 Å². The molecule has 3 nitrogen and oxygen atoms in total. The molecule has 0 bridgehead atoms. The summed E-state index contributed by atoms with van der Waals surface area (Å²) in [5.74, 6) is 3.94. The molecule has 1 aliphatic carbocycles. The fourth-order valence-electron chi connectivity index (χ4n) is 5.55. The van der Waals surface area contributed by atoms with Gasteiger partial charge in [0.15, 0.2) is 0 Å². The number of nitrogens with zero attached hydrogens (tertiary/aromatic N) is 3. The van der Waals surface area contributed by atoms with Crippen LogP contribution in [-0.2, 0) is 0 Å². The number of piperazine rings is 1. The zero-order valence-electron chi connectivity index (χ0n) is 20.8. The molecule has 0 amide bonds. The van der Waals surface area contributed by atoms with Gasteiger partial charge in [-0.15, -0.1) is 0 Å². The molecular weight excluding hydrogens is 354 g/mol. The third-order valence-electron chi connectivity index (χ3n) is 7.72. The Balaban J connectivity index is 0.000000221. The molecule has 0 aromatic heterocycles. The second-order valence-electron chi connectivity index (χ2n) is 11.1. The third-order valence-corrected chi connectivity index (χ3v) is 7.72. The maximum absolute atomic E-state index is 2.65. The largest absolute Gasteiger partial charge is 0.301 e. The molecule has 2 heterocycles. The van der Waals surface area contributed by atoms with Gasteiger partial charge in [0.1, 0.15) is 0 Å². The summed E-state index contributed by atoms with van der Waals surface area (Å²) in [4.78, 5) is 7.76. The molecule has 3 aliphatic rings. The number of hydrogen-bond acceptors (Lipinski definition) is 3. The lowest BCUT2D eigenvalue weighted by Gasteiger charge is -2.37. The molecule has 0 aromatic carbocycles. The number of likely N-dealkylation sites (N-methyl/N-ethyl adjacent to an activating group) is 1. The van der Waals surface area contributed by atoms with Gasteiger partial charge in [-0.1, -0.05) is 53.4 Å². The Morgan fingerprint density at radius 1 is 0.690 bits per heavy atom. The summed E-state index contributed by atoms with van der Waals surface area (Å²) in [6.45, 7) is 24.2. The van der Waals surface area contributed by atoms with Crippen LogP contribution in [0.2, 0.25) is 0 Å². The molecular formula is C26H53N3. The topological polar surface area (TPSA) is 9.72 Å². The van der Waals surface area contributed by atoms with Crippen molar-refractivity contribution in [2.45, 2.75) is 92.5 Å². The van der Waals surface area contributed by atoms with E-state index in [4.69, 9.17) is 0 Å². The molecule has 2 aliphatic heterocycles. The molecule has 0 atom stereocenters. The highest BCUT2D eigenvalue weighted by Gasteiger charge is 2.25. The average Bonchev–Trinajstić information content (AvgIpc) is 2.71. The summed E-state index contributed by atoms with van der Waals surface area (Å²) >= 11 is 0.